The van der Waals surface area contributed by atoms with Crippen LogP contribution in [-0.4, -0.2) is 75.1 Å². The maximum Gasteiger partial charge on any atom is 0.303 e. The first kappa shape index (κ1) is 24.9. The van der Waals surface area contributed by atoms with Gasteiger partial charge in [0.15, 0.2) is 17.8 Å². The summed E-state index contributed by atoms with van der Waals surface area (Å²) in [7, 11) is 0. The molecule has 12 heteroatoms. The number of aliphatic hydroxyl groups excluding tert-OH is 1. The second kappa shape index (κ2) is 9.96. The molecule has 11 nitrogen and oxygen atoms in total. The molecule has 2 aliphatic heterocycles. The van der Waals surface area contributed by atoms with E-state index in [1.165, 1.54) is 12.1 Å². The predicted octanol–water partition coefficient (Wildman–Crippen LogP) is 2.17. The number of thioether (sulfide) groups is 1. The topological polar surface area (TPSA) is 145 Å². The zero-order chi connectivity index (χ0) is 26.3. The van der Waals surface area contributed by atoms with Crippen LogP contribution in [0.2, 0.25) is 0 Å². The largest absolute Gasteiger partial charge is 0.456 e. The predicted molar refractivity (Wildman–Crippen MR) is 127 cm³/mol. The lowest BCUT2D eigenvalue weighted by Gasteiger charge is -2.46. The van der Waals surface area contributed by atoms with Crippen LogP contribution in [0, 0.1) is 0 Å². The molecule has 0 unspecified atom stereocenters. The van der Waals surface area contributed by atoms with Crippen molar-refractivity contribution in [2.24, 2.45) is 0 Å². The molecule has 5 atom stereocenters. The number of rotatable bonds is 6. The molecule has 2 amide bonds. The van der Waals surface area contributed by atoms with Crippen molar-refractivity contribution in [2.45, 2.75) is 48.9 Å². The van der Waals surface area contributed by atoms with E-state index in [-0.39, 0.29) is 16.3 Å². The number of ether oxygens (including phenoxy) is 3. The summed E-state index contributed by atoms with van der Waals surface area (Å²) < 4.78 is 22.8. The van der Waals surface area contributed by atoms with Gasteiger partial charge in [0.2, 0.25) is 0 Å². The highest BCUT2D eigenvalue weighted by Crippen LogP contribution is 2.41. The Morgan fingerprint density at radius 3 is 2.16 bits per heavy atom. The number of amides is 2. The lowest BCUT2D eigenvalue weighted by Crippen LogP contribution is -2.66. The number of aliphatic hydroxyl groups is 1. The molecule has 2 aliphatic rings. The fourth-order valence-corrected chi connectivity index (χ4v) is 5.65. The van der Waals surface area contributed by atoms with E-state index >= 15 is 0 Å². The van der Waals surface area contributed by atoms with Gasteiger partial charge in [0, 0.05) is 13.8 Å². The molecule has 2 aromatic carbocycles. The Hall–Kier alpha value is -3.74. The average Bonchev–Trinajstić information content (AvgIpc) is 3.38. The fraction of sp³-hybridized carbons (Fsp3) is 0.320. The summed E-state index contributed by atoms with van der Waals surface area (Å²) in [6, 6.07) is 12.1. The first-order valence-electron chi connectivity index (χ1n) is 11.4. The number of hydrogen-bond acceptors (Lipinski definition) is 11. The van der Waals surface area contributed by atoms with Crippen molar-refractivity contribution in [2.75, 3.05) is 6.61 Å². The van der Waals surface area contributed by atoms with Crippen molar-refractivity contribution in [3.63, 3.8) is 0 Å². The SMILES string of the molecule is CC(=O)O[C@H]1[C@H](OC(C)=O)[C@@H](CO)O[C@@H](Sc2nc3ccccc3o2)[C@@H]1N1C(=O)c2ccccc2C1=O. The number of para-hydroxylation sites is 2. The number of carbonyl (C=O) groups excluding carboxylic acids is 4. The van der Waals surface area contributed by atoms with Crippen molar-refractivity contribution in [1.29, 1.82) is 0 Å². The van der Waals surface area contributed by atoms with E-state index in [4.69, 9.17) is 18.6 Å². The van der Waals surface area contributed by atoms with E-state index in [1.807, 2.05) is 0 Å². The number of oxazole rings is 1. The summed E-state index contributed by atoms with van der Waals surface area (Å²) >= 11 is 0.950. The van der Waals surface area contributed by atoms with Crippen molar-refractivity contribution >= 4 is 46.6 Å². The molecule has 0 bridgehead atoms. The number of esters is 2. The minimum absolute atomic E-state index is 0.164. The molecule has 37 heavy (non-hydrogen) atoms. The van der Waals surface area contributed by atoms with Gasteiger partial charge in [-0.15, -0.1) is 0 Å². The number of nitrogens with zero attached hydrogens (tertiary/aromatic N) is 2. The quantitative estimate of drug-likeness (QED) is 0.372. The molecule has 0 spiro atoms. The highest BCUT2D eigenvalue weighted by Gasteiger charge is 2.57. The number of benzene rings is 2. The van der Waals surface area contributed by atoms with E-state index in [1.54, 1.807) is 36.4 Å². The van der Waals surface area contributed by atoms with Crippen LogP contribution in [0.15, 0.2) is 58.2 Å². The van der Waals surface area contributed by atoms with Gasteiger partial charge in [0.25, 0.3) is 17.0 Å². The minimum atomic E-state index is -1.35. The van der Waals surface area contributed by atoms with Crippen molar-refractivity contribution in [1.82, 2.24) is 9.88 Å². The molecule has 0 saturated carbocycles. The molecule has 1 aromatic heterocycles. The van der Waals surface area contributed by atoms with Crippen molar-refractivity contribution in [3.8, 4) is 0 Å². The summed E-state index contributed by atoms with van der Waals surface area (Å²) in [5, 5.41) is 10.2. The third-order valence-corrected chi connectivity index (χ3v) is 7.01. The lowest BCUT2D eigenvalue weighted by atomic mass is 9.96. The second-order valence-electron chi connectivity index (χ2n) is 8.46. The maximum atomic E-state index is 13.5. The Labute approximate surface area is 214 Å². The normalized spacial score (nSPS) is 25.3. The third kappa shape index (κ3) is 4.59. The molecule has 1 N–H and O–H groups in total. The standard InChI is InChI=1S/C25H22N2O9S/c1-12(29)33-20-18(11-28)35-24(37-25-26-16-9-5-6-10-17(16)36-25)19(21(20)34-13(2)30)27-22(31)14-7-3-4-8-15(14)23(27)32/h3-10,18-21,24,28H,11H2,1-2H3/t18-,19-,20-,21-,24+/m1/s1. The van der Waals surface area contributed by atoms with Gasteiger partial charge >= 0.3 is 11.9 Å². The van der Waals surface area contributed by atoms with E-state index in [9.17, 15) is 24.3 Å². The molecular weight excluding hydrogens is 504 g/mol. The highest BCUT2D eigenvalue weighted by atomic mass is 32.2. The molecule has 1 fully saturated rings. The highest BCUT2D eigenvalue weighted by molar-refractivity contribution is 7.99. The van der Waals surface area contributed by atoms with Gasteiger partial charge in [0.05, 0.1) is 17.7 Å². The van der Waals surface area contributed by atoms with Crippen LogP contribution in [0.1, 0.15) is 34.6 Å². The minimum Gasteiger partial charge on any atom is -0.456 e. The molecule has 1 saturated heterocycles. The Balaban J connectivity index is 1.60. The number of aromatic nitrogens is 1. The summed E-state index contributed by atoms with van der Waals surface area (Å²) in [5.41, 5.74) is 0.321. The van der Waals surface area contributed by atoms with Crippen molar-refractivity contribution in [3.05, 3.63) is 59.7 Å². The number of hydrogen-bond donors (Lipinski definition) is 1. The number of carbonyl (C=O) groups is 4. The average molecular weight is 527 g/mol. The molecule has 3 aromatic rings. The van der Waals surface area contributed by atoms with Gasteiger partial charge in [-0.3, -0.25) is 24.1 Å². The molecule has 192 valence electrons. The van der Waals surface area contributed by atoms with Crippen LogP contribution in [0.5, 0.6) is 0 Å². The van der Waals surface area contributed by atoms with Gasteiger partial charge in [0.1, 0.15) is 23.1 Å². The van der Waals surface area contributed by atoms with Crippen LogP contribution in [0.25, 0.3) is 11.1 Å². The van der Waals surface area contributed by atoms with Gasteiger partial charge in [-0.1, -0.05) is 24.3 Å². The Morgan fingerprint density at radius 1 is 0.973 bits per heavy atom. The van der Waals surface area contributed by atoms with Crippen LogP contribution in [0.3, 0.4) is 0 Å². The second-order valence-corrected chi connectivity index (χ2v) is 9.50. The monoisotopic (exact) mass is 526 g/mol. The van der Waals surface area contributed by atoms with Gasteiger partial charge in [-0.25, -0.2) is 4.98 Å². The Kier molecular flexibility index (Phi) is 6.71. The van der Waals surface area contributed by atoms with Crippen LogP contribution < -0.4 is 0 Å². The lowest BCUT2D eigenvalue weighted by molar-refractivity contribution is -0.214. The van der Waals surface area contributed by atoms with Crippen LogP contribution in [0.4, 0.5) is 0 Å². The first-order valence-corrected chi connectivity index (χ1v) is 12.3. The van der Waals surface area contributed by atoms with Crippen LogP contribution >= 0.6 is 11.8 Å². The molecule has 5 rings (SSSR count). The van der Waals surface area contributed by atoms with E-state index < -0.39 is 60.1 Å². The first-order chi connectivity index (χ1) is 17.8. The summed E-state index contributed by atoms with van der Waals surface area (Å²) in [5.74, 6) is -2.72. The Bertz CT molecular complexity index is 1320. The third-order valence-electron chi connectivity index (χ3n) is 6.01. The number of fused-ring (bicyclic) bond motifs is 2. The molecule has 0 aliphatic carbocycles. The van der Waals surface area contributed by atoms with Crippen LogP contribution in [-0.2, 0) is 23.8 Å². The zero-order valence-corrected chi connectivity index (χ0v) is 20.5. The maximum absolute atomic E-state index is 13.5. The van der Waals surface area contributed by atoms with E-state index in [0.717, 1.165) is 30.5 Å². The summed E-state index contributed by atoms with van der Waals surface area (Å²) in [4.78, 5) is 56.4. The van der Waals surface area contributed by atoms with E-state index in [2.05, 4.69) is 4.98 Å². The summed E-state index contributed by atoms with van der Waals surface area (Å²) in [6.45, 7) is 1.70. The molecule has 3 heterocycles. The Morgan fingerprint density at radius 2 is 1.57 bits per heavy atom. The smallest absolute Gasteiger partial charge is 0.303 e. The zero-order valence-electron chi connectivity index (χ0n) is 19.7. The van der Waals surface area contributed by atoms with Gasteiger partial charge < -0.3 is 23.7 Å². The number of imide groups is 1. The summed E-state index contributed by atoms with van der Waals surface area (Å²) in [6.07, 6.45) is -3.79. The van der Waals surface area contributed by atoms with Gasteiger partial charge in [-0.05, 0) is 36.0 Å². The van der Waals surface area contributed by atoms with Gasteiger partial charge in [-0.2, -0.15) is 0 Å². The van der Waals surface area contributed by atoms with Crippen molar-refractivity contribution < 1.29 is 42.9 Å². The van der Waals surface area contributed by atoms with E-state index in [0.29, 0.717) is 11.1 Å². The fourth-order valence-electron chi connectivity index (χ4n) is 4.55. The molecular formula is C25H22N2O9S. The molecule has 0 radical (unpaired) electrons.